The number of carboxylic acids is 1. The summed E-state index contributed by atoms with van der Waals surface area (Å²) in [7, 11) is 0. The van der Waals surface area contributed by atoms with E-state index in [4.69, 9.17) is 11.6 Å². The van der Waals surface area contributed by atoms with E-state index in [0.717, 1.165) is 16.7 Å². The molecule has 0 bridgehead atoms. The third-order valence-corrected chi connectivity index (χ3v) is 5.02. The average Bonchev–Trinajstić information content (AvgIpc) is 3.10. The van der Waals surface area contributed by atoms with Crippen LogP contribution in [0.1, 0.15) is 33.1 Å². The van der Waals surface area contributed by atoms with Crippen LogP contribution in [0, 0.1) is 13.8 Å². The Morgan fingerprint density at radius 1 is 1.17 bits per heavy atom. The molecule has 8 heteroatoms. The van der Waals surface area contributed by atoms with Crippen molar-refractivity contribution in [3.05, 3.63) is 87.7 Å². The van der Waals surface area contributed by atoms with Crippen LogP contribution < -0.4 is 10.6 Å². The molecule has 7 nitrogen and oxygen atoms in total. The van der Waals surface area contributed by atoms with E-state index in [1.807, 2.05) is 38.1 Å². The molecule has 1 amide bonds. The first-order valence-corrected chi connectivity index (χ1v) is 9.64. The molecule has 3 aromatic rings. The normalized spacial score (nSPS) is 15.0. The maximum Gasteiger partial charge on any atom is 0.352 e. The van der Waals surface area contributed by atoms with Crippen molar-refractivity contribution in [1.82, 2.24) is 9.78 Å². The number of nitrogens with zero attached hydrogens (tertiary/aromatic N) is 2. The summed E-state index contributed by atoms with van der Waals surface area (Å²) in [5.74, 6) is -1.21. The van der Waals surface area contributed by atoms with Crippen LogP contribution in [-0.4, -0.2) is 26.8 Å². The number of hydrogen-bond acceptors (Lipinski definition) is 4. The molecule has 2 aromatic carbocycles. The zero-order valence-electron chi connectivity index (χ0n) is 16.3. The van der Waals surface area contributed by atoms with Crippen molar-refractivity contribution in [3.63, 3.8) is 0 Å². The number of anilines is 2. The Balaban J connectivity index is 1.73. The van der Waals surface area contributed by atoms with Crippen molar-refractivity contribution in [1.29, 1.82) is 0 Å². The first-order valence-electron chi connectivity index (χ1n) is 9.26. The van der Waals surface area contributed by atoms with Gasteiger partial charge in [-0.3, -0.25) is 4.79 Å². The molecule has 0 radical (unpaired) electrons. The highest BCUT2D eigenvalue weighted by Gasteiger charge is 2.29. The Morgan fingerprint density at radius 3 is 2.57 bits per heavy atom. The average molecular weight is 423 g/mol. The number of fused-ring (bicyclic) bond motifs is 1. The van der Waals surface area contributed by atoms with E-state index in [1.165, 1.54) is 6.20 Å². The number of amides is 1. The minimum absolute atomic E-state index is 0.0339. The van der Waals surface area contributed by atoms with Gasteiger partial charge in [-0.1, -0.05) is 29.8 Å². The van der Waals surface area contributed by atoms with Crippen molar-refractivity contribution in [2.24, 2.45) is 0 Å². The molecule has 0 fully saturated rings. The summed E-state index contributed by atoms with van der Waals surface area (Å²) in [5.41, 5.74) is 3.68. The Labute approximate surface area is 178 Å². The van der Waals surface area contributed by atoms with Crippen molar-refractivity contribution in [2.75, 3.05) is 10.6 Å². The van der Waals surface area contributed by atoms with Gasteiger partial charge in [-0.2, -0.15) is 5.10 Å². The lowest BCUT2D eigenvalue weighted by atomic mass is 10.0. The van der Waals surface area contributed by atoms with Gasteiger partial charge in [0.05, 0.1) is 12.2 Å². The highest BCUT2D eigenvalue weighted by Crippen LogP contribution is 2.33. The highest BCUT2D eigenvalue weighted by molar-refractivity contribution is 6.30. The molecule has 4 rings (SSSR count). The minimum atomic E-state index is -1.13. The lowest BCUT2D eigenvalue weighted by Gasteiger charge is -2.24. The molecule has 152 valence electrons. The third-order valence-electron chi connectivity index (χ3n) is 4.78. The number of carboxylic acid groups (broad SMARTS) is 1. The summed E-state index contributed by atoms with van der Waals surface area (Å²) in [5, 5.41) is 20.1. The molecule has 0 saturated carbocycles. The molecular formula is C22H19ClN4O3. The van der Waals surface area contributed by atoms with Gasteiger partial charge in [0.1, 0.15) is 17.1 Å². The second kappa shape index (κ2) is 7.68. The Hall–Kier alpha value is -3.58. The van der Waals surface area contributed by atoms with E-state index in [2.05, 4.69) is 15.7 Å². The van der Waals surface area contributed by atoms with Gasteiger partial charge in [0.2, 0.25) is 0 Å². The maximum absolute atomic E-state index is 13.0. The zero-order chi connectivity index (χ0) is 21.4. The second-order valence-electron chi connectivity index (χ2n) is 7.19. The number of carbonyl (C=O) groups excluding carboxylic acids is 1. The highest BCUT2D eigenvalue weighted by atomic mass is 35.5. The molecule has 1 aliphatic rings. The van der Waals surface area contributed by atoms with E-state index in [1.54, 1.807) is 29.0 Å². The predicted octanol–water partition coefficient (Wildman–Crippen LogP) is 4.39. The Bertz CT molecular complexity index is 1180. The fraction of sp³-hybridized carbons (Fsp3) is 0.136. The standard InChI is InChI=1S/C22H19ClN4O3/c1-12-6-13(2)8-16(7-12)25-21(28)17-11-24-27-19(14-4-3-5-15(23)9-14)10-18(22(29)30)26-20(17)27/h3-11,19,26H,1-2H3,(H,25,28)(H,29,30). The first kappa shape index (κ1) is 19.7. The van der Waals surface area contributed by atoms with E-state index >= 15 is 0 Å². The number of aryl methyl sites for hydroxylation is 2. The van der Waals surface area contributed by atoms with Crippen LogP contribution in [0.5, 0.6) is 0 Å². The SMILES string of the molecule is Cc1cc(C)cc(NC(=O)c2cnn3c2NC(C(=O)O)=CC3c2cccc(Cl)c2)c1. The fourth-order valence-electron chi connectivity index (χ4n) is 3.56. The molecule has 30 heavy (non-hydrogen) atoms. The van der Waals surface area contributed by atoms with E-state index < -0.39 is 12.0 Å². The molecule has 1 atom stereocenters. The van der Waals surface area contributed by atoms with Crippen LogP contribution in [0.4, 0.5) is 11.5 Å². The summed E-state index contributed by atoms with van der Waals surface area (Å²) in [6, 6.07) is 12.3. The van der Waals surface area contributed by atoms with Gasteiger partial charge in [0.25, 0.3) is 5.91 Å². The zero-order valence-corrected chi connectivity index (χ0v) is 17.1. The van der Waals surface area contributed by atoms with Crippen LogP contribution in [0.2, 0.25) is 5.02 Å². The molecule has 0 aliphatic carbocycles. The molecule has 1 aliphatic heterocycles. The number of hydrogen-bond donors (Lipinski definition) is 3. The number of benzene rings is 2. The van der Waals surface area contributed by atoms with Gasteiger partial charge in [-0.25, -0.2) is 9.48 Å². The van der Waals surface area contributed by atoms with Crippen molar-refractivity contribution in [2.45, 2.75) is 19.9 Å². The van der Waals surface area contributed by atoms with Crippen molar-refractivity contribution < 1.29 is 14.7 Å². The van der Waals surface area contributed by atoms with Gasteiger partial charge >= 0.3 is 5.97 Å². The predicted molar refractivity (Wildman–Crippen MR) is 115 cm³/mol. The summed E-state index contributed by atoms with van der Waals surface area (Å²) >= 11 is 6.12. The lowest BCUT2D eigenvalue weighted by Crippen LogP contribution is -2.25. The molecule has 2 heterocycles. The topological polar surface area (TPSA) is 96.3 Å². The number of aromatic nitrogens is 2. The quantitative estimate of drug-likeness (QED) is 0.579. The number of allylic oxidation sites excluding steroid dienone is 1. The Morgan fingerprint density at radius 2 is 1.90 bits per heavy atom. The largest absolute Gasteiger partial charge is 0.477 e. The van der Waals surface area contributed by atoms with Gasteiger partial charge in [0.15, 0.2) is 0 Å². The molecular weight excluding hydrogens is 404 g/mol. The minimum Gasteiger partial charge on any atom is -0.477 e. The van der Waals surface area contributed by atoms with Crippen LogP contribution in [-0.2, 0) is 4.79 Å². The van der Waals surface area contributed by atoms with Crippen LogP contribution in [0.25, 0.3) is 0 Å². The van der Waals surface area contributed by atoms with Gasteiger partial charge < -0.3 is 15.7 Å². The van der Waals surface area contributed by atoms with Gasteiger partial charge in [-0.05, 0) is 60.9 Å². The fourth-order valence-corrected chi connectivity index (χ4v) is 3.76. The molecule has 3 N–H and O–H groups in total. The van der Waals surface area contributed by atoms with E-state index in [-0.39, 0.29) is 17.2 Å². The summed E-state index contributed by atoms with van der Waals surface area (Å²) in [4.78, 5) is 24.6. The smallest absolute Gasteiger partial charge is 0.352 e. The molecule has 0 saturated heterocycles. The number of halogens is 1. The Kier molecular flexibility index (Phi) is 5.05. The summed E-state index contributed by atoms with van der Waals surface area (Å²) in [6.07, 6.45) is 2.97. The molecule has 1 aromatic heterocycles. The second-order valence-corrected chi connectivity index (χ2v) is 7.63. The van der Waals surface area contributed by atoms with Gasteiger partial charge in [-0.15, -0.1) is 0 Å². The number of aliphatic carboxylic acids is 1. The van der Waals surface area contributed by atoms with E-state index in [9.17, 15) is 14.7 Å². The van der Waals surface area contributed by atoms with Crippen LogP contribution >= 0.6 is 11.6 Å². The maximum atomic E-state index is 13.0. The van der Waals surface area contributed by atoms with Crippen molar-refractivity contribution in [3.8, 4) is 0 Å². The van der Waals surface area contributed by atoms with Crippen LogP contribution in [0.3, 0.4) is 0 Å². The summed E-state index contributed by atoms with van der Waals surface area (Å²) in [6.45, 7) is 3.90. The third kappa shape index (κ3) is 3.79. The molecule has 1 unspecified atom stereocenters. The monoisotopic (exact) mass is 422 g/mol. The number of rotatable bonds is 4. The first-order chi connectivity index (χ1) is 14.3. The lowest BCUT2D eigenvalue weighted by molar-refractivity contribution is -0.132. The van der Waals surface area contributed by atoms with E-state index in [0.29, 0.717) is 16.5 Å². The number of carbonyl (C=O) groups is 2. The van der Waals surface area contributed by atoms with Crippen molar-refractivity contribution >= 4 is 35.0 Å². The summed E-state index contributed by atoms with van der Waals surface area (Å²) < 4.78 is 1.58. The van der Waals surface area contributed by atoms with Crippen LogP contribution in [0.15, 0.2) is 60.4 Å². The molecule has 0 spiro atoms. The number of nitrogens with one attached hydrogen (secondary N) is 2. The van der Waals surface area contributed by atoms with Gasteiger partial charge in [0, 0.05) is 10.7 Å².